The first-order chi connectivity index (χ1) is 6.79. The standard InChI is InChI=1S/C9H7ClN2O2/c1-13-7-4-2-3-6(5-7)8-11-9(10)12-14-8/h2-5H,1H3. The summed E-state index contributed by atoms with van der Waals surface area (Å²) in [6.45, 7) is 0. The Morgan fingerprint density at radius 2 is 2.29 bits per heavy atom. The van der Waals surface area contributed by atoms with Gasteiger partial charge in [0.1, 0.15) is 5.75 Å². The van der Waals surface area contributed by atoms with Gasteiger partial charge >= 0.3 is 0 Å². The van der Waals surface area contributed by atoms with E-state index in [-0.39, 0.29) is 5.28 Å². The highest BCUT2D eigenvalue weighted by Crippen LogP contribution is 2.22. The molecule has 1 aromatic carbocycles. The Labute approximate surface area is 85.5 Å². The fourth-order valence-electron chi connectivity index (χ4n) is 1.08. The Hall–Kier alpha value is -1.55. The Balaban J connectivity index is 2.41. The molecule has 0 aliphatic heterocycles. The number of benzene rings is 1. The first kappa shape index (κ1) is 9.02. The molecule has 0 saturated carbocycles. The fourth-order valence-corrected chi connectivity index (χ4v) is 1.19. The Morgan fingerprint density at radius 3 is 2.93 bits per heavy atom. The van der Waals surface area contributed by atoms with Gasteiger partial charge in [0, 0.05) is 5.56 Å². The van der Waals surface area contributed by atoms with Crippen LogP contribution in [0.5, 0.6) is 5.75 Å². The topological polar surface area (TPSA) is 48.2 Å². The maximum Gasteiger partial charge on any atom is 0.264 e. The van der Waals surface area contributed by atoms with Crippen molar-refractivity contribution in [1.82, 2.24) is 10.1 Å². The summed E-state index contributed by atoms with van der Waals surface area (Å²) in [5.41, 5.74) is 0.781. The van der Waals surface area contributed by atoms with E-state index in [9.17, 15) is 0 Å². The maximum atomic E-state index is 5.54. The molecule has 1 aromatic heterocycles. The third-order valence-corrected chi connectivity index (χ3v) is 1.87. The van der Waals surface area contributed by atoms with Crippen molar-refractivity contribution in [3.05, 3.63) is 29.5 Å². The van der Waals surface area contributed by atoms with Crippen LogP contribution in [0, 0.1) is 0 Å². The van der Waals surface area contributed by atoms with Gasteiger partial charge in [-0.3, -0.25) is 0 Å². The molecule has 72 valence electrons. The number of halogens is 1. The molecule has 0 N–H and O–H groups in total. The van der Waals surface area contributed by atoms with Crippen LogP contribution >= 0.6 is 11.6 Å². The number of ether oxygens (including phenoxy) is 1. The van der Waals surface area contributed by atoms with Crippen LogP contribution < -0.4 is 4.74 Å². The summed E-state index contributed by atoms with van der Waals surface area (Å²) in [7, 11) is 1.60. The van der Waals surface area contributed by atoms with Crippen LogP contribution in [0.1, 0.15) is 0 Å². The van der Waals surface area contributed by atoms with Crippen molar-refractivity contribution >= 4 is 11.6 Å². The lowest BCUT2D eigenvalue weighted by Gasteiger charge is -1.99. The summed E-state index contributed by atoms with van der Waals surface area (Å²) in [5, 5.41) is 3.59. The third kappa shape index (κ3) is 1.70. The number of hydrogen-bond acceptors (Lipinski definition) is 4. The molecule has 2 aromatic rings. The van der Waals surface area contributed by atoms with Crippen LogP contribution in [0.4, 0.5) is 0 Å². The number of aromatic nitrogens is 2. The molecule has 4 nitrogen and oxygen atoms in total. The molecule has 14 heavy (non-hydrogen) atoms. The highest BCUT2D eigenvalue weighted by molar-refractivity contribution is 6.28. The van der Waals surface area contributed by atoms with Gasteiger partial charge in [-0.05, 0) is 35.0 Å². The molecule has 0 saturated heterocycles. The first-order valence-electron chi connectivity index (χ1n) is 3.93. The van der Waals surface area contributed by atoms with Gasteiger partial charge in [0.05, 0.1) is 7.11 Å². The van der Waals surface area contributed by atoms with E-state index < -0.39 is 0 Å². The predicted octanol–water partition coefficient (Wildman–Crippen LogP) is 2.40. The summed E-state index contributed by atoms with van der Waals surface area (Å²) in [5.74, 6) is 1.12. The van der Waals surface area contributed by atoms with E-state index in [0.29, 0.717) is 5.89 Å². The second kappa shape index (κ2) is 3.67. The number of rotatable bonds is 2. The molecule has 0 aliphatic rings. The number of nitrogens with zero attached hydrogens (tertiary/aromatic N) is 2. The minimum atomic E-state index is 0.0998. The molecule has 0 bridgehead atoms. The van der Waals surface area contributed by atoms with Gasteiger partial charge in [-0.1, -0.05) is 6.07 Å². The van der Waals surface area contributed by atoms with Crippen molar-refractivity contribution < 1.29 is 9.26 Å². The minimum Gasteiger partial charge on any atom is -0.497 e. The largest absolute Gasteiger partial charge is 0.497 e. The average molecular weight is 211 g/mol. The average Bonchev–Trinajstić information content (AvgIpc) is 2.65. The lowest BCUT2D eigenvalue weighted by molar-refractivity contribution is 0.413. The van der Waals surface area contributed by atoms with Crippen molar-refractivity contribution in [3.63, 3.8) is 0 Å². The molecule has 0 atom stereocenters. The Bertz CT molecular complexity index is 442. The van der Waals surface area contributed by atoms with Gasteiger partial charge in [-0.25, -0.2) is 0 Å². The van der Waals surface area contributed by atoms with E-state index in [4.69, 9.17) is 20.9 Å². The van der Waals surface area contributed by atoms with Crippen molar-refractivity contribution in [2.24, 2.45) is 0 Å². The van der Waals surface area contributed by atoms with Crippen molar-refractivity contribution in [2.75, 3.05) is 7.11 Å². The van der Waals surface area contributed by atoms with Crippen molar-refractivity contribution in [1.29, 1.82) is 0 Å². The second-order valence-corrected chi connectivity index (χ2v) is 2.94. The fraction of sp³-hybridized carbons (Fsp3) is 0.111. The van der Waals surface area contributed by atoms with Crippen molar-refractivity contribution in [2.45, 2.75) is 0 Å². The summed E-state index contributed by atoms with van der Waals surface area (Å²) in [6, 6.07) is 7.31. The molecule has 1 heterocycles. The summed E-state index contributed by atoms with van der Waals surface area (Å²) in [6.07, 6.45) is 0. The van der Waals surface area contributed by atoms with E-state index in [0.717, 1.165) is 11.3 Å². The molecular weight excluding hydrogens is 204 g/mol. The molecular formula is C9H7ClN2O2. The van der Waals surface area contributed by atoms with Crippen LogP contribution in [0.3, 0.4) is 0 Å². The maximum absolute atomic E-state index is 5.54. The van der Waals surface area contributed by atoms with Gasteiger partial charge < -0.3 is 9.26 Å². The van der Waals surface area contributed by atoms with E-state index in [1.165, 1.54) is 0 Å². The molecule has 2 rings (SSSR count). The Kier molecular flexibility index (Phi) is 2.37. The Morgan fingerprint density at radius 1 is 1.43 bits per heavy atom. The number of hydrogen-bond donors (Lipinski definition) is 0. The lowest BCUT2D eigenvalue weighted by Crippen LogP contribution is -1.83. The van der Waals surface area contributed by atoms with E-state index in [1.54, 1.807) is 13.2 Å². The minimum absolute atomic E-state index is 0.0998. The third-order valence-electron chi connectivity index (χ3n) is 1.72. The highest BCUT2D eigenvalue weighted by atomic mass is 35.5. The van der Waals surface area contributed by atoms with Gasteiger partial charge in [0.2, 0.25) is 0 Å². The van der Waals surface area contributed by atoms with Gasteiger partial charge in [0.15, 0.2) is 0 Å². The molecule has 5 heteroatoms. The van der Waals surface area contributed by atoms with E-state index in [1.807, 2.05) is 18.2 Å². The van der Waals surface area contributed by atoms with E-state index in [2.05, 4.69) is 10.1 Å². The zero-order valence-corrected chi connectivity index (χ0v) is 8.15. The summed E-state index contributed by atoms with van der Waals surface area (Å²) in [4.78, 5) is 3.89. The van der Waals surface area contributed by atoms with Crippen LogP contribution in [0.2, 0.25) is 5.28 Å². The van der Waals surface area contributed by atoms with Gasteiger partial charge in [-0.15, -0.1) is 0 Å². The van der Waals surface area contributed by atoms with Crippen LogP contribution in [-0.4, -0.2) is 17.3 Å². The molecule has 0 fully saturated rings. The predicted molar refractivity (Wildman–Crippen MR) is 51.3 cm³/mol. The molecule has 0 aliphatic carbocycles. The van der Waals surface area contributed by atoms with Gasteiger partial charge in [0.25, 0.3) is 11.2 Å². The molecule has 0 amide bonds. The highest BCUT2D eigenvalue weighted by Gasteiger charge is 2.07. The molecule has 0 unspecified atom stereocenters. The van der Waals surface area contributed by atoms with Gasteiger partial charge in [-0.2, -0.15) is 4.98 Å². The van der Waals surface area contributed by atoms with Crippen LogP contribution in [0.25, 0.3) is 11.5 Å². The quantitative estimate of drug-likeness (QED) is 0.764. The summed E-state index contributed by atoms with van der Waals surface area (Å²) < 4.78 is 9.96. The van der Waals surface area contributed by atoms with Crippen molar-refractivity contribution in [3.8, 4) is 17.2 Å². The zero-order valence-electron chi connectivity index (χ0n) is 7.40. The smallest absolute Gasteiger partial charge is 0.264 e. The van der Waals surface area contributed by atoms with Crippen LogP contribution in [0.15, 0.2) is 28.8 Å². The second-order valence-electron chi connectivity index (χ2n) is 2.60. The SMILES string of the molecule is COc1cccc(-c2nc(Cl)no2)c1. The normalized spacial score (nSPS) is 10.1. The van der Waals surface area contributed by atoms with Crippen LogP contribution in [-0.2, 0) is 0 Å². The molecule has 0 spiro atoms. The molecule has 0 radical (unpaired) electrons. The number of methoxy groups -OCH3 is 1. The lowest BCUT2D eigenvalue weighted by atomic mass is 10.2. The monoisotopic (exact) mass is 210 g/mol. The van der Waals surface area contributed by atoms with E-state index >= 15 is 0 Å². The first-order valence-corrected chi connectivity index (χ1v) is 4.31. The summed E-state index contributed by atoms with van der Waals surface area (Å²) >= 11 is 5.54. The zero-order chi connectivity index (χ0) is 9.97.